The molecule has 0 aliphatic heterocycles. The molecule has 0 amide bonds. The molecule has 1 rings (SSSR count). The first kappa shape index (κ1) is 16.6. The van der Waals surface area contributed by atoms with Gasteiger partial charge in [-0.3, -0.25) is 0 Å². The van der Waals surface area contributed by atoms with Crippen LogP contribution in [0.1, 0.15) is 45.2 Å². The molecule has 0 aromatic heterocycles. The minimum atomic E-state index is -1.07. The fraction of sp³-hybridized carbons (Fsp3) is 0.467. The Morgan fingerprint density at radius 3 is 2.42 bits per heavy atom. The van der Waals surface area contributed by atoms with E-state index in [0.29, 0.717) is 0 Å². The van der Waals surface area contributed by atoms with Gasteiger partial charge in [0.25, 0.3) is 0 Å². The molecule has 0 aliphatic rings. The molecule has 0 fully saturated rings. The zero-order chi connectivity index (χ0) is 14.5. The van der Waals surface area contributed by atoms with Crippen molar-refractivity contribution >= 4 is 26.9 Å². The molecule has 2 unspecified atom stereocenters. The van der Waals surface area contributed by atoms with E-state index in [9.17, 15) is 4.21 Å². The highest BCUT2D eigenvalue weighted by atomic mass is 79.9. The SMILES string of the molecule is C=CCCC(NS(=O)C(C)(C)C)c1ccc(Br)cc1. The van der Waals surface area contributed by atoms with Crippen molar-refractivity contribution < 1.29 is 4.21 Å². The quantitative estimate of drug-likeness (QED) is 0.756. The average Bonchev–Trinajstić information content (AvgIpc) is 2.34. The molecule has 0 bridgehead atoms. The maximum absolute atomic E-state index is 12.2. The number of nitrogens with one attached hydrogen (secondary N) is 1. The zero-order valence-corrected chi connectivity index (χ0v) is 14.2. The molecule has 2 nitrogen and oxygen atoms in total. The van der Waals surface area contributed by atoms with Crippen LogP contribution in [0.15, 0.2) is 41.4 Å². The first-order chi connectivity index (χ1) is 8.84. The molecular formula is C15H22BrNOS. The first-order valence-corrected chi connectivity index (χ1v) is 8.33. The average molecular weight is 344 g/mol. The third kappa shape index (κ3) is 5.59. The lowest BCUT2D eigenvalue weighted by Crippen LogP contribution is -2.35. The van der Waals surface area contributed by atoms with Gasteiger partial charge in [-0.25, -0.2) is 8.93 Å². The van der Waals surface area contributed by atoms with Crippen molar-refractivity contribution in [2.45, 2.75) is 44.4 Å². The number of hydrogen-bond donors (Lipinski definition) is 1. The van der Waals surface area contributed by atoms with E-state index in [1.54, 1.807) is 0 Å². The summed E-state index contributed by atoms with van der Waals surface area (Å²) in [6, 6.07) is 8.23. The van der Waals surface area contributed by atoms with E-state index in [2.05, 4.69) is 39.4 Å². The van der Waals surface area contributed by atoms with E-state index in [0.717, 1.165) is 22.9 Å². The molecule has 106 valence electrons. The Hall–Kier alpha value is -0.450. The number of allylic oxidation sites excluding steroid dienone is 1. The highest BCUT2D eigenvalue weighted by Gasteiger charge is 2.23. The summed E-state index contributed by atoms with van der Waals surface area (Å²) in [7, 11) is -1.07. The molecule has 0 saturated heterocycles. The van der Waals surface area contributed by atoms with Gasteiger partial charge in [0.2, 0.25) is 0 Å². The summed E-state index contributed by atoms with van der Waals surface area (Å²) in [6.07, 6.45) is 3.69. The largest absolute Gasteiger partial charge is 0.242 e. The molecular weight excluding hydrogens is 322 g/mol. The Balaban J connectivity index is 2.85. The van der Waals surface area contributed by atoms with Gasteiger partial charge >= 0.3 is 0 Å². The lowest BCUT2D eigenvalue weighted by atomic mass is 10.0. The highest BCUT2D eigenvalue weighted by molar-refractivity contribution is 9.10. The van der Waals surface area contributed by atoms with E-state index in [1.807, 2.05) is 39.0 Å². The van der Waals surface area contributed by atoms with Gasteiger partial charge in [0.15, 0.2) is 0 Å². The van der Waals surface area contributed by atoms with Gasteiger partial charge in [0.05, 0.1) is 15.7 Å². The third-order valence-electron chi connectivity index (χ3n) is 2.74. The second kappa shape index (κ2) is 7.36. The van der Waals surface area contributed by atoms with Crippen LogP contribution in [0.4, 0.5) is 0 Å². The molecule has 0 heterocycles. The number of rotatable bonds is 6. The van der Waals surface area contributed by atoms with E-state index in [1.165, 1.54) is 0 Å². The maximum atomic E-state index is 12.2. The minimum absolute atomic E-state index is 0.0890. The summed E-state index contributed by atoms with van der Waals surface area (Å²) < 4.78 is 16.3. The van der Waals surface area contributed by atoms with Crippen LogP contribution in [0.3, 0.4) is 0 Å². The maximum Gasteiger partial charge on any atom is 0.0975 e. The summed E-state index contributed by atoms with van der Waals surface area (Å²) in [6.45, 7) is 9.68. The van der Waals surface area contributed by atoms with Crippen molar-refractivity contribution in [1.82, 2.24) is 4.72 Å². The lowest BCUT2D eigenvalue weighted by Gasteiger charge is -2.24. The van der Waals surface area contributed by atoms with Gasteiger partial charge in [-0.1, -0.05) is 34.1 Å². The van der Waals surface area contributed by atoms with Gasteiger partial charge in [-0.2, -0.15) is 0 Å². The van der Waals surface area contributed by atoms with Gasteiger partial charge in [-0.15, -0.1) is 6.58 Å². The van der Waals surface area contributed by atoms with E-state index in [-0.39, 0.29) is 10.8 Å². The van der Waals surface area contributed by atoms with Crippen molar-refractivity contribution in [3.63, 3.8) is 0 Å². The summed E-state index contributed by atoms with van der Waals surface area (Å²) in [5.74, 6) is 0. The van der Waals surface area contributed by atoms with Gasteiger partial charge in [0.1, 0.15) is 0 Å². The Kier molecular flexibility index (Phi) is 6.43. The topological polar surface area (TPSA) is 29.1 Å². The molecule has 2 atom stereocenters. The van der Waals surface area contributed by atoms with Crippen molar-refractivity contribution in [1.29, 1.82) is 0 Å². The Morgan fingerprint density at radius 1 is 1.37 bits per heavy atom. The predicted octanol–water partition coefficient (Wildman–Crippen LogP) is 4.51. The summed E-state index contributed by atoms with van der Waals surface area (Å²) >= 11 is 3.43. The van der Waals surface area contributed by atoms with Gasteiger partial charge < -0.3 is 0 Å². The van der Waals surface area contributed by atoms with Gasteiger partial charge in [0, 0.05) is 10.5 Å². The van der Waals surface area contributed by atoms with Crippen LogP contribution >= 0.6 is 15.9 Å². The van der Waals surface area contributed by atoms with E-state index in [4.69, 9.17) is 0 Å². The molecule has 1 aromatic carbocycles. The molecule has 0 aliphatic carbocycles. The summed E-state index contributed by atoms with van der Waals surface area (Å²) in [5.41, 5.74) is 1.16. The van der Waals surface area contributed by atoms with Crippen molar-refractivity contribution in [3.8, 4) is 0 Å². The van der Waals surface area contributed by atoms with Crippen molar-refractivity contribution in [2.24, 2.45) is 0 Å². The predicted molar refractivity (Wildman–Crippen MR) is 87.3 cm³/mol. The third-order valence-corrected chi connectivity index (χ3v) is 4.88. The molecule has 0 spiro atoms. The van der Waals surface area contributed by atoms with Crippen LogP contribution < -0.4 is 4.72 Å². The lowest BCUT2D eigenvalue weighted by molar-refractivity contribution is 0.575. The minimum Gasteiger partial charge on any atom is -0.242 e. The molecule has 0 saturated carbocycles. The first-order valence-electron chi connectivity index (χ1n) is 6.39. The van der Waals surface area contributed by atoms with Crippen molar-refractivity contribution in [2.75, 3.05) is 0 Å². The Bertz CT molecular complexity index is 436. The van der Waals surface area contributed by atoms with Gasteiger partial charge in [-0.05, 0) is 51.3 Å². The van der Waals surface area contributed by atoms with Crippen LogP contribution in [-0.4, -0.2) is 8.96 Å². The fourth-order valence-electron chi connectivity index (χ4n) is 1.58. The smallest absolute Gasteiger partial charge is 0.0975 e. The second-order valence-corrected chi connectivity index (χ2v) is 8.38. The van der Waals surface area contributed by atoms with Crippen LogP contribution in [0.25, 0.3) is 0 Å². The fourth-order valence-corrected chi connectivity index (χ4v) is 2.71. The number of benzene rings is 1. The molecule has 19 heavy (non-hydrogen) atoms. The van der Waals surface area contributed by atoms with Crippen LogP contribution in [-0.2, 0) is 11.0 Å². The number of hydrogen-bond acceptors (Lipinski definition) is 1. The van der Waals surface area contributed by atoms with Crippen LogP contribution in [0, 0.1) is 0 Å². The molecule has 4 heteroatoms. The Labute approximate surface area is 127 Å². The zero-order valence-electron chi connectivity index (χ0n) is 11.8. The van der Waals surface area contributed by atoms with Crippen molar-refractivity contribution in [3.05, 3.63) is 47.0 Å². The number of halogens is 1. The van der Waals surface area contributed by atoms with Crippen LogP contribution in [0.5, 0.6) is 0 Å². The van der Waals surface area contributed by atoms with E-state index >= 15 is 0 Å². The van der Waals surface area contributed by atoms with Crippen LogP contribution in [0.2, 0.25) is 0 Å². The van der Waals surface area contributed by atoms with E-state index < -0.39 is 11.0 Å². The monoisotopic (exact) mass is 343 g/mol. The summed E-state index contributed by atoms with van der Waals surface area (Å²) in [4.78, 5) is 0. The highest BCUT2D eigenvalue weighted by Crippen LogP contribution is 2.23. The second-order valence-electron chi connectivity index (χ2n) is 5.47. The summed E-state index contributed by atoms with van der Waals surface area (Å²) in [5, 5.41) is 0. The molecule has 0 radical (unpaired) electrons. The Morgan fingerprint density at radius 2 is 1.95 bits per heavy atom. The molecule has 1 aromatic rings. The molecule has 1 N–H and O–H groups in total. The normalized spacial score (nSPS) is 14.9. The standard InChI is InChI=1S/C15H22BrNOS/c1-5-6-7-14(17-19(18)15(2,3)4)12-8-10-13(16)11-9-12/h5,8-11,14,17H,1,6-7H2,2-4H3.